The van der Waals surface area contributed by atoms with Gasteiger partial charge in [-0.25, -0.2) is 23.1 Å². The molecule has 0 saturated carbocycles. The molecule has 1 aliphatic heterocycles. The van der Waals surface area contributed by atoms with Gasteiger partial charge < -0.3 is 10.2 Å². The number of nitrogens with zero attached hydrogens (tertiary/aromatic N) is 4. The Balaban J connectivity index is 1.36. The number of likely N-dealkylation sites (N-methyl/N-ethyl adjacent to an activating group) is 1. The molecule has 2 aromatic heterocycles. The molecule has 1 amide bonds. The highest BCUT2D eigenvalue weighted by Crippen LogP contribution is 2.35. The third-order valence-electron chi connectivity index (χ3n) is 5.69. The Hall–Kier alpha value is -4.15. The molecular weight excluding hydrogens is 464 g/mol. The predicted octanol–water partition coefficient (Wildman–Crippen LogP) is 3.28. The number of fused-ring (bicyclic) bond motifs is 3. The number of carbonyl (C=O) groups excluding carboxylic acids is 1. The van der Waals surface area contributed by atoms with Gasteiger partial charge in [0.1, 0.15) is 0 Å². The van der Waals surface area contributed by atoms with Crippen LogP contribution in [-0.2, 0) is 27.8 Å². The summed E-state index contributed by atoms with van der Waals surface area (Å²) >= 11 is 0. The molecule has 0 fully saturated rings. The summed E-state index contributed by atoms with van der Waals surface area (Å²) in [6.45, 7) is 0.102. The number of sulfonamides is 1. The van der Waals surface area contributed by atoms with Crippen LogP contribution in [0.25, 0.3) is 11.3 Å². The topological polar surface area (TPSA) is 117 Å². The summed E-state index contributed by atoms with van der Waals surface area (Å²) in [6, 6.07) is 19.2. The highest BCUT2D eigenvalue weighted by Gasteiger charge is 2.24. The van der Waals surface area contributed by atoms with E-state index >= 15 is 0 Å². The van der Waals surface area contributed by atoms with Gasteiger partial charge in [-0.05, 0) is 42.5 Å². The monoisotopic (exact) mass is 486 g/mol. The maximum atomic E-state index is 12.6. The van der Waals surface area contributed by atoms with E-state index in [-0.39, 0.29) is 23.8 Å². The van der Waals surface area contributed by atoms with Crippen LogP contribution in [0.3, 0.4) is 0 Å². The van der Waals surface area contributed by atoms with Crippen molar-refractivity contribution in [3.63, 3.8) is 0 Å². The summed E-state index contributed by atoms with van der Waals surface area (Å²) in [5, 5.41) is 3.12. The lowest BCUT2D eigenvalue weighted by Gasteiger charge is -2.16. The first-order valence-electron chi connectivity index (χ1n) is 10.9. The second kappa shape index (κ2) is 9.24. The number of aromatic nitrogens is 3. The number of hydrogen-bond acceptors (Lipinski definition) is 7. The Morgan fingerprint density at radius 3 is 2.51 bits per heavy atom. The summed E-state index contributed by atoms with van der Waals surface area (Å²) in [7, 11) is -1.94. The maximum absolute atomic E-state index is 12.6. The van der Waals surface area contributed by atoms with Crippen LogP contribution in [0, 0.1) is 0 Å². The maximum Gasteiger partial charge on any atom is 0.240 e. The second-order valence-electron chi connectivity index (χ2n) is 8.01. The van der Waals surface area contributed by atoms with E-state index in [9.17, 15) is 13.2 Å². The van der Waals surface area contributed by atoms with Gasteiger partial charge in [0.05, 0.1) is 34.9 Å². The lowest BCUT2D eigenvalue weighted by molar-refractivity contribution is -0.117. The van der Waals surface area contributed by atoms with Crippen molar-refractivity contribution >= 4 is 33.3 Å². The van der Waals surface area contributed by atoms with Gasteiger partial charge in [0.25, 0.3) is 0 Å². The summed E-state index contributed by atoms with van der Waals surface area (Å²) in [4.78, 5) is 27.5. The van der Waals surface area contributed by atoms with Crippen molar-refractivity contribution in [1.82, 2.24) is 19.7 Å². The Kier molecular flexibility index (Phi) is 5.98. The fourth-order valence-electron chi connectivity index (χ4n) is 3.81. The van der Waals surface area contributed by atoms with Crippen molar-refractivity contribution < 1.29 is 13.2 Å². The average Bonchev–Trinajstić information content (AvgIpc) is 2.98. The van der Waals surface area contributed by atoms with Crippen LogP contribution in [0.15, 0.2) is 84.0 Å². The molecule has 2 aromatic carbocycles. The van der Waals surface area contributed by atoms with Crippen molar-refractivity contribution in [3.05, 3.63) is 90.4 Å². The largest absolute Gasteiger partial charge is 0.324 e. The van der Waals surface area contributed by atoms with E-state index in [1.807, 2.05) is 24.3 Å². The van der Waals surface area contributed by atoms with Crippen LogP contribution in [0.4, 0.5) is 17.3 Å². The number of carbonyl (C=O) groups is 1. The van der Waals surface area contributed by atoms with Crippen molar-refractivity contribution in [3.8, 4) is 11.3 Å². The van der Waals surface area contributed by atoms with E-state index in [1.54, 1.807) is 54.7 Å². The predicted molar refractivity (Wildman–Crippen MR) is 133 cm³/mol. The number of para-hydroxylation sites is 1. The molecule has 4 aromatic rings. The van der Waals surface area contributed by atoms with Gasteiger partial charge >= 0.3 is 0 Å². The van der Waals surface area contributed by atoms with Crippen LogP contribution in [-0.4, -0.2) is 36.3 Å². The van der Waals surface area contributed by atoms with Crippen LogP contribution in [0.5, 0.6) is 0 Å². The molecule has 2 N–H and O–H groups in total. The Morgan fingerprint density at radius 1 is 0.971 bits per heavy atom. The zero-order valence-electron chi connectivity index (χ0n) is 18.8. The molecule has 35 heavy (non-hydrogen) atoms. The van der Waals surface area contributed by atoms with Gasteiger partial charge in [-0.15, -0.1) is 0 Å². The molecule has 176 valence electrons. The molecule has 0 saturated heterocycles. The molecular formula is C25H22N6O3S. The number of hydrogen-bond donors (Lipinski definition) is 2. The van der Waals surface area contributed by atoms with Gasteiger partial charge in [0, 0.05) is 36.3 Å². The summed E-state index contributed by atoms with van der Waals surface area (Å²) in [6.07, 6.45) is 3.47. The highest BCUT2D eigenvalue weighted by molar-refractivity contribution is 7.89. The number of nitrogens with one attached hydrogen (secondary N) is 2. The van der Waals surface area contributed by atoms with E-state index in [2.05, 4.69) is 25.0 Å². The fourth-order valence-corrected chi connectivity index (χ4v) is 4.81. The molecule has 1 aliphatic rings. The van der Waals surface area contributed by atoms with E-state index in [0.29, 0.717) is 23.0 Å². The summed E-state index contributed by atoms with van der Waals surface area (Å²) < 4.78 is 27.8. The van der Waals surface area contributed by atoms with Crippen LogP contribution in [0.1, 0.15) is 11.3 Å². The van der Waals surface area contributed by atoms with Gasteiger partial charge in [0.2, 0.25) is 21.9 Å². The number of rotatable bonds is 6. The Labute approximate surface area is 202 Å². The summed E-state index contributed by atoms with van der Waals surface area (Å²) in [5.74, 6) is 0.313. The zero-order chi connectivity index (χ0) is 24.4. The van der Waals surface area contributed by atoms with Crippen molar-refractivity contribution in [2.24, 2.45) is 0 Å². The minimum Gasteiger partial charge on any atom is -0.324 e. The fraction of sp³-hybridized carbons (Fsp3) is 0.120. The van der Waals surface area contributed by atoms with Crippen LogP contribution < -0.4 is 14.9 Å². The molecule has 0 radical (unpaired) electrons. The molecule has 9 nitrogen and oxygen atoms in total. The molecule has 0 spiro atoms. The molecule has 5 rings (SSSR count). The molecule has 3 heterocycles. The van der Waals surface area contributed by atoms with Gasteiger partial charge in [-0.1, -0.05) is 24.3 Å². The lowest BCUT2D eigenvalue weighted by Crippen LogP contribution is -2.26. The van der Waals surface area contributed by atoms with Crippen molar-refractivity contribution in [2.75, 3.05) is 17.3 Å². The quantitative estimate of drug-likeness (QED) is 0.429. The Morgan fingerprint density at radius 2 is 1.74 bits per heavy atom. The van der Waals surface area contributed by atoms with E-state index in [1.165, 1.54) is 12.1 Å². The number of amides is 1. The highest BCUT2D eigenvalue weighted by atomic mass is 32.2. The number of benzene rings is 2. The second-order valence-corrected chi connectivity index (χ2v) is 9.78. The molecule has 0 bridgehead atoms. The average molecular weight is 487 g/mol. The molecule has 0 atom stereocenters. The van der Waals surface area contributed by atoms with Crippen LogP contribution >= 0.6 is 0 Å². The first-order chi connectivity index (χ1) is 16.9. The van der Waals surface area contributed by atoms with Gasteiger partial charge in [-0.3, -0.25) is 9.78 Å². The molecule has 0 unspecified atom stereocenters. The zero-order valence-corrected chi connectivity index (χ0v) is 19.7. The van der Waals surface area contributed by atoms with Gasteiger partial charge in [-0.2, -0.15) is 0 Å². The van der Waals surface area contributed by atoms with Crippen molar-refractivity contribution in [2.45, 2.75) is 17.9 Å². The number of pyridine rings is 1. The van der Waals surface area contributed by atoms with Crippen molar-refractivity contribution in [1.29, 1.82) is 0 Å². The first kappa shape index (κ1) is 22.6. The number of anilines is 3. The third kappa shape index (κ3) is 4.75. The smallest absolute Gasteiger partial charge is 0.240 e. The normalized spacial score (nSPS) is 13.1. The van der Waals surface area contributed by atoms with E-state index in [0.717, 1.165) is 16.8 Å². The van der Waals surface area contributed by atoms with E-state index < -0.39 is 10.0 Å². The molecule has 0 aliphatic carbocycles. The lowest BCUT2D eigenvalue weighted by atomic mass is 10.1. The van der Waals surface area contributed by atoms with Gasteiger partial charge in [0.15, 0.2) is 0 Å². The standard InChI is InChI=1S/C25H22N6O3S/c1-31-22-8-3-2-7-21(22)24-17(14-23(31)32)15-27-25(30-24)29-18-9-11-20(12-10-18)35(33,34)28-16-19-6-4-5-13-26-19/h2-13,15,28H,14,16H2,1H3,(H,27,29,30). The van der Waals surface area contributed by atoms with Crippen LogP contribution in [0.2, 0.25) is 0 Å². The summed E-state index contributed by atoms with van der Waals surface area (Å²) in [5.41, 5.74) is 4.33. The third-order valence-corrected chi connectivity index (χ3v) is 7.11. The molecule has 10 heteroatoms. The SMILES string of the molecule is CN1C(=O)Cc2cnc(Nc3ccc(S(=O)(=O)NCc4ccccn4)cc3)nc2-c2ccccc21. The Bertz CT molecular complexity index is 1490. The first-order valence-corrected chi connectivity index (χ1v) is 12.4. The van der Waals surface area contributed by atoms with E-state index in [4.69, 9.17) is 0 Å². The minimum atomic E-state index is -3.69. The minimum absolute atomic E-state index is 0.0334.